The highest BCUT2D eigenvalue weighted by atomic mass is 16.5. The number of rotatable bonds is 4. The maximum atomic E-state index is 12.8. The van der Waals surface area contributed by atoms with Crippen molar-refractivity contribution in [2.45, 2.75) is 39.2 Å². The summed E-state index contributed by atoms with van der Waals surface area (Å²) < 4.78 is 11.8. The maximum Gasteiger partial charge on any atom is 0.272 e. The monoisotopic (exact) mass is 318 g/mol. The Balaban J connectivity index is 1.78. The minimum absolute atomic E-state index is 0.0218. The normalized spacial score (nSPS) is 27.6. The first kappa shape index (κ1) is 16.4. The summed E-state index contributed by atoms with van der Waals surface area (Å²) in [5.74, 6) is 0.0218. The predicted molar refractivity (Wildman–Crippen MR) is 87.4 cm³/mol. The van der Waals surface area contributed by atoms with Crippen LogP contribution in [0, 0.1) is 12.3 Å². The number of ether oxygens (including phenoxy) is 2. The van der Waals surface area contributed by atoms with Crippen LogP contribution in [0.15, 0.2) is 18.2 Å². The molecule has 2 fully saturated rings. The van der Waals surface area contributed by atoms with Gasteiger partial charge in [0.15, 0.2) is 0 Å². The van der Waals surface area contributed by atoms with Gasteiger partial charge in [-0.2, -0.15) is 0 Å². The van der Waals surface area contributed by atoms with Crippen molar-refractivity contribution in [1.82, 2.24) is 9.88 Å². The van der Waals surface area contributed by atoms with Gasteiger partial charge in [0.25, 0.3) is 5.91 Å². The van der Waals surface area contributed by atoms with Gasteiger partial charge in [-0.3, -0.25) is 4.79 Å². The predicted octanol–water partition coefficient (Wildman–Crippen LogP) is 2.44. The summed E-state index contributed by atoms with van der Waals surface area (Å²) in [4.78, 5) is 19.1. The van der Waals surface area contributed by atoms with E-state index in [9.17, 15) is 4.79 Å². The van der Waals surface area contributed by atoms with Crippen LogP contribution < -0.4 is 0 Å². The lowest BCUT2D eigenvalue weighted by atomic mass is 9.73. The number of fused-ring (bicyclic) bond motifs is 1. The number of hydrogen-bond donors (Lipinski definition) is 0. The number of hydrogen-bond acceptors (Lipinski definition) is 4. The van der Waals surface area contributed by atoms with Crippen molar-refractivity contribution >= 4 is 5.91 Å². The highest BCUT2D eigenvalue weighted by Crippen LogP contribution is 2.40. The third kappa shape index (κ3) is 3.40. The molecule has 3 heterocycles. The molecule has 1 aromatic rings. The molecule has 3 rings (SSSR count). The Labute approximate surface area is 138 Å². The van der Waals surface area contributed by atoms with E-state index in [1.807, 2.05) is 30.9 Å². The highest BCUT2D eigenvalue weighted by molar-refractivity contribution is 5.92. The Morgan fingerprint density at radius 1 is 1.52 bits per heavy atom. The second kappa shape index (κ2) is 6.97. The summed E-state index contributed by atoms with van der Waals surface area (Å²) in [6, 6.07) is 5.60. The molecule has 23 heavy (non-hydrogen) atoms. The van der Waals surface area contributed by atoms with Crippen molar-refractivity contribution in [1.29, 1.82) is 0 Å². The molecule has 0 spiro atoms. The van der Waals surface area contributed by atoms with E-state index in [1.165, 1.54) is 0 Å². The molecule has 2 aliphatic rings. The van der Waals surface area contributed by atoms with E-state index in [4.69, 9.17) is 9.47 Å². The van der Waals surface area contributed by atoms with Gasteiger partial charge in [-0.25, -0.2) is 4.98 Å². The molecule has 5 nitrogen and oxygen atoms in total. The van der Waals surface area contributed by atoms with Crippen molar-refractivity contribution < 1.29 is 14.3 Å². The zero-order valence-electron chi connectivity index (χ0n) is 14.1. The molecule has 0 aromatic carbocycles. The van der Waals surface area contributed by atoms with Crippen LogP contribution in [0.25, 0.3) is 0 Å². The molecule has 2 aliphatic heterocycles. The number of amides is 1. The Morgan fingerprint density at radius 3 is 3.17 bits per heavy atom. The number of pyridine rings is 1. The topological polar surface area (TPSA) is 51.7 Å². The minimum Gasteiger partial charge on any atom is -0.381 e. The highest BCUT2D eigenvalue weighted by Gasteiger charge is 2.47. The van der Waals surface area contributed by atoms with Crippen LogP contribution in [0.3, 0.4) is 0 Å². The Kier molecular flexibility index (Phi) is 4.97. The fourth-order valence-electron chi connectivity index (χ4n) is 3.80. The summed E-state index contributed by atoms with van der Waals surface area (Å²) in [6.07, 6.45) is 3.18. The molecular weight excluding hydrogens is 292 g/mol. The number of likely N-dealkylation sites (tertiary alicyclic amines) is 1. The van der Waals surface area contributed by atoms with Gasteiger partial charge in [-0.05, 0) is 45.2 Å². The molecule has 0 saturated carbocycles. The van der Waals surface area contributed by atoms with Gasteiger partial charge in [-0.15, -0.1) is 0 Å². The van der Waals surface area contributed by atoms with E-state index in [1.54, 1.807) is 6.07 Å². The van der Waals surface area contributed by atoms with Crippen LogP contribution in [-0.2, 0) is 9.47 Å². The molecule has 0 unspecified atom stereocenters. The SMILES string of the molecule is CCOC[C@]12CCCO[C@@H]1CCN(C(=O)c1cccc(C)n1)C2. The van der Waals surface area contributed by atoms with Crippen molar-refractivity contribution in [2.75, 3.05) is 32.9 Å². The summed E-state index contributed by atoms with van der Waals surface area (Å²) in [7, 11) is 0. The minimum atomic E-state index is -0.0635. The summed E-state index contributed by atoms with van der Waals surface area (Å²) in [5.41, 5.74) is 1.34. The van der Waals surface area contributed by atoms with Gasteiger partial charge in [0.2, 0.25) is 0 Å². The van der Waals surface area contributed by atoms with E-state index in [2.05, 4.69) is 4.98 Å². The fraction of sp³-hybridized carbons (Fsp3) is 0.667. The van der Waals surface area contributed by atoms with E-state index in [0.717, 1.165) is 38.1 Å². The summed E-state index contributed by atoms with van der Waals surface area (Å²) >= 11 is 0. The van der Waals surface area contributed by atoms with Gasteiger partial charge in [0.1, 0.15) is 5.69 Å². The second-order valence-corrected chi connectivity index (χ2v) is 6.64. The quantitative estimate of drug-likeness (QED) is 0.855. The molecule has 2 atom stereocenters. The number of aromatic nitrogens is 1. The molecule has 126 valence electrons. The second-order valence-electron chi connectivity index (χ2n) is 6.64. The number of piperidine rings is 1. The molecule has 2 saturated heterocycles. The van der Waals surface area contributed by atoms with Crippen LogP contribution in [0.4, 0.5) is 0 Å². The van der Waals surface area contributed by atoms with Crippen molar-refractivity contribution in [3.05, 3.63) is 29.6 Å². The molecule has 0 bridgehead atoms. The smallest absolute Gasteiger partial charge is 0.272 e. The molecule has 1 amide bonds. The first-order valence-corrected chi connectivity index (χ1v) is 8.57. The number of aryl methyl sites for hydroxylation is 1. The van der Waals surface area contributed by atoms with E-state index < -0.39 is 0 Å². The van der Waals surface area contributed by atoms with Gasteiger partial charge in [-0.1, -0.05) is 6.07 Å². The lowest BCUT2D eigenvalue weighted by Crippen LogP contribution is -2.58. The lowest BCUT2D eigenvalue weighted by Gasteiger charge is -2.50. The maximum absolute atomic E-state index is 12.8. The average molecular weight is 318 g/mol. The van der Waals surface area contributed by atoms with Gasteiger partial charge < -0.3 is 14.4 Å². The lowest BCUT2D eigenvalue weighted by molar-refractivity contribution is -0.146. The Bertz CT molecular complexity index is 563. The van der Waals surface area contributed by atoms with Crippen LogP contribution in [-0.4, -0.2) is 54.8 Å². The van der Waals surface area contributed by atoms with E-state index >= 15 is 0 Å². The molecule has 0 N–H and O–H groups in total. The van der Waals surface area contributed by atoms with Crippen molar-refractivity contribution in [3.8, 4) is 0 Å². The van der Waals surface area contributed by atoms with Crippen molar-refractivity contribution in [2.24, 2.45) is 5.41 Å². The molecule has 5 heteroatoms. The third-order valence-electron chi connectivity index (χ3n) is 4.98. The van der Waals surface area contributed by atoms with Crippen molar-refractivity contribution in [3.63, 3.8) is 0 Å². The van der Waals surface area contributed by atoms with Crippen LogP contribution in [0.2, 0.25) is 0 Å². The zero-order chi connectivity index (χ0) is 16.3. The third-order valence-corrected chi connectivity index (χ3v) is 4.98. The zero-order valence-corrected chi connectivity index (χ0v) is 14.1. The van der Waals surface area contributed by atoms with E-state index in [0.29, 0.717) is 25.5 Å². The van der Waals surface area contributed by atoms with Crippen LogP contribution in [0.1, 0.15) is 42.4 Å². The number of carbonyl (C=O) groups excluding carboxylic acids is 1. The fourth-order valence-corrected chi connectivity index (χ4v) is 3.80. The standard InChI is InChI=1S/C18H26N2O3/c1-3-22-13-18-9-5-11-23-16(18)8-10-20(12-18)17(21)15-7-4-6-14(2)19-15/h4,6-7,16H,3,5,8-13H2,1-2H3/t16-,18-/m1/s1. The Morgan fingerprint density at radius 2 is 2.39 bits per heavy atom. The average Bonchev–Trinajstić information content (AvgIpc) is 2.59. The summed E-state index contributed by atoms with van der Waals surface area (Å²) in [5, 5.41) is 0. The van der Waals surface area contributed by atoms with Gasteiger partial charge in [0, 0.05) is 37.4 Å². The number of nitrogens with zero attached hydrogens (tertiary/aromatic N) is 2. The summed E-state index contributed by atoms with van der Waals surface area (Å²) in [6.45, 7) is 7.54. The van der Waals surface area contributed by atoms with Crippen LogP contribution >= 0.6 is 0 Å². The Hall–Kier alpha value is -1.46. The number of carbonyl (C=O) groups is 1. The first-order chi connectivity index (χ1) is 11.1. The molecule has 1 aromatic heterocycles. The molecular formula is C18H26N2O3. The van der Waals surface area contributed by atoms with Gasteiger partial charge >= 0.3 is 0 Å². The van der Waals surface area contributed by atoms with E-state index in [-0.39, 0.29) is 17.4 Å². The largest absolute Gasteiger partial charge is 0.381 e. The van der Waals surface area contributed by atoms with Gasteiger partial charge in [0.05, 0.1) is 12.7 Å². The molecule has 0 aliphatic carbocycles. The first-order valence-electron chi connectivity index (χ1n) is 8.57. The van der Waals surface area contributed by atoms with Crippen LogP contribution in [0.5, 0.6) is 0 Å². The molecule has 0 radical (unpaired) electrons.